The molecule has 0 unspecified atom stereocenters. The summed E-state index contributed by atoms with van der Waals surface area (Å²) in [6.45, 7) is 4.68. The van der Waals surface area contributed by atoms with Gasteiger partial charge in [0.05, 0.1) is 4.88 Å². The maximum absolute atomic E-state index is 12.9. The van der Waals surface area contributed by atoms with Crippen molar-refractivity contribution >= 4 is 38.7 Å². The zero-order valence-corrected chi connectivity index (χ0v) is 15.1. The van der Waals surface area contributed by atoms with Crippen LogP contribution < -0.4 is 0 Å². The van der Waals surface area contributed by atoms with Gasteiger partial charge in [0.2, 0.25) is 0 Å². The average molecular weight is 357 g/mol. The van der Waals surface area contributed by atoms with Gasteiger partial charge in [-0.25, -0.2) is 0 Å². The monoisotopic (exact) mass is 356 g/mol. The molecule has 0 spiro atoms. The molecule has 0 radical (unpaired) electrons. The summed E-state index contributed by atoms with van der Waals surface area (Å²) in [5.41, 5.74) is 1.38. The molecule has 0 bridgehead atoms. The molecular formula is C19H20N2OS2. The molecule has 124 valence electrons. The van der Waals surface area contributed by atoms with Crippen LogP contribution in [-0.2, 0) is 6.54 Å². The second-order valence-corrected chi connectivity index (χ2v) is 8.07. The molecule has 1 aromatic carbocycles. The quantitative estimate of drug-likeness (QED) is 0.698. The van der Waals surface area contributed by atoms with E-state index in [1.54, 1.807) is 22.7 Å². The number of carbonyl (C=O) groups excluding carboxylic acids is 1. The van der Waals surface area contributed by atoms with Crippen molar-refractivity contribution in [3.05, 3.63) is 57.6 Å². The van der Waals surface area contributed by atoms with Gasteiger partial charge in [0.15, 0.2) is 0 Å². The highest BCUT2D eigenvalue weighted by molar-refractivity contribution is 7.20. The normalized spacial score (nSPS) is 16.4. The summed E-state index contributed by atoms with van der Waals surface area (Å²) in [4.78, 5) is 18.2. The number of amides is 1. The fourth-order valence-corrected chi connectivity index (χ4v) is 4.91. The first-order chi connectivity index (χ1) is 11.8. The van der Waals surface area contributed by atoms with Crippen LogP contribution in [0.15, 0.2) is 47.2 Å². The van der Waals surface area contributed by atoms with Gasteiger partial charge in [-0.05, 0) is 46.3 Å². The maximum Gasteiger partial charge on any atom is 0.264 e. The average Bonchev–Trinajstić information content (AvgIpc) is 3.20. The van der Waals surface area contributed by atoms with Gasteiger partial charge in [-0.2, -0.15) is 11.3 Å². The van der Waals surface area contributed by atoms with E-state index in [1.165, 1.54) is 15.6 Å². The van der Waals surface area contributed by atoms with Crippen molar-refractivity contribution in [2.45, 2.75) is 13.0 Å². The Morgan fingerprint density at radius 2 is 2.00 bits per heavy atom. The van der Waals surface area contributed by atoms with Crippen molar-refractivity contribution in [1.82, 2.24) is 9.80 Å². The Labute approximate surface area is 150 Å². The molecule has 0 N–H and O–H groups in total. The summed E-state index contributed by atoms with van der Waals surface area (Å²) >= 11 is 3.36. The third-order valence-corrected chi connectivity index (χ3v) is 6.33. The summed E-state index contributed by atoms with van der Waals surface area (Å²) in [5.74, 6) is 0.189. The van der Waals surface area contributed by atoms with Crippen LogP contribution in [0.25, 0.3) is 10.1 Å². The van der Waals surface area contributed by atoms with E-state index in [4.69, 9.17) is 0 Å². The summed E-state index contributed by atoms with van der Waals surface area (Å²) < 4.78 is 1.19. The van der Waals surface area contributed by atoms with Crippen LogP contribution in [0.1, 0.15) is 21.7 Å². The number of carbonyl (C=O) groups is 1. The minimum absolute atomic E-state index is 0.189. The Morgan fingerprint density at radius 3 is 2.83 bits per heavy atom. The molecule has 0 saturated carbocycles. The summed E-state index contributed by atoms with van der Waals surface area (Å²) in [7, 11) is 0. The van der Waals surface area contributed by atoms with E-state index in [0.717, 1.165) is 44.0 Å². The first kappa shape index (κ1) is 15.8. The molecule has 1 aliphatic heterocycles. The van der Waals surface area contributed by atoms with Crippen LogP contribution in [-0.4, -0.2) is 41.9 Å². The number of nitrogens with zero attached hydrogens (tertiary/aromatic N) is 2. The van der Waals surface area contributed by atoms with Crippen molar-refractivity contribution in [1.29, 1.82) is 0 Å². The van der Waals surface area contributed by atoms with E-state index in [-0.39, 0.29) is 5.91 Å². The van der Waals surface area contributed by atoms with Gasteiger partial charge in [-0.1, -0.05) is 18.2 Å². The molecule has 24 heavy (non-hydrogen) atoms. The third kappa shape index (κ3) is 3.38. The largest absolute Gasteiger partial charge is 0.337 e. The number of thiophene rings is 2. The molecule has 0 atom stereocenters. The lowest BCUT2D eigenvalue weighted by atomic mass is 10.2. The molecule has 1 saturated heterocycles. The zero-order valence-electron chi connectivity index (χ0n) is 13.5. The summed E-state index contributed by atoms with van der Waals surface area (Å²) in [5, 5.41) is 5.51. The Morgan fingerprint density at radius 1 is 1.08 bits per heavy atom. The molecule has 2 aromatic heterocycles. The lowest BCUT2D eigenvalue weighted by Crippen LogP contribution is -2.34. The molecule has 1 aliphatic rings. The van der Waals surface area contributed by atoms with Crippen LogP contribution in [0.5, 0.6) is 0 Å². The highest BCUT2D eigenvalue weighted by atomic mass is 32.1. The van der Waals surface area contributed by atoms with E-state index in [0.29, 0.717) is 0 Å². The maximum atomic E-state index is 12.9. The fourth-order valence-electron chi connectivity index (χ4n) is 3.22. The van der Waals surface area contributed by atoms with E-state index >= 15 is 0 Å². The summed E-state index contributed by atoms with van der Waals surface area (Å²) in [6, 6.07) is 12.4. The molecule has 3 heterocycles. The van der Waals surface area contributed by atoms with Crippen LogP contribution in [0.2, 0.25) is 0 Å². The molecule has 3 nitrogen and oxygen atoms in total. The second kappa shape index (κ2) is 7.05. The standard InChI is InChI=1S/C19H20N2OS2/c22-19(18-12-16-4-1-2-5-17(16)24-18)21-8-3-7-20(9-10-21)13-15-6-11-23-14-15/h1-2,4-6,11-12,14H,3,7-10,13H2. The highest BCUT2D eigenvalue weighted by Crippen LogP contribution is 2.26. The van der Waals surface area contributed by atoms with E-state index < -0.39 is 0 Å². The first-order valence-electron chi connectivity index (χ1n) is 8.31. The van der Waals surface area contributed by atoms with Gasteiger partial charge in [-0.3, -0.25) is 9.69 Å². The number of hydrogen-bond donors (Lipinski definition) is 0. The van der Waals surface area contributed by atoms with Crippen molar-refractivity contribution < 1.29 is 4.79 Å². The summed E-state index contributed by atoms with van der Waals surface area (Å²) in [6.07, 6.45) is 1.04. The number of fused-ring (bicyclic) bond motifs is 1. The highest BCUT2D eigenvalue weighted by Gasteiger charge is 2.21. The predicted molar refractivity (Wildman–Crippen MR) is 102 cm³/mol. The number of hydrogen-bond acceptors (Lipinski definition) is 4. The molecule has 5 heteroatoms. The third-order valence-electron chi connectivity index (χ3n) is 4.50. The topological polar surface area (TPSA) is 23.6 Å². The van der Waals surface area contributed by atoms with Crippen molar-refractivity contribution in [2.24, 2.45) is 0 Å². The molecule has 1 amide bonds. The van der Waals surface area contributed by atoms with Gasteiger partial charge in [0.25, 0.3) is 5.91 Å². The van der Waals surface area contributed by atoms with Gasteiger partial charge >= 0.3 is 0 Å². The molecule has 4 rings (SSSR count). The van der Waals surface area contributed by atoms with Crippen molar-refractivity contribution in [3.8, 4) is 0 Å². The van der Waals surface area contributed by atoms with E-state index in [1.807, 2.05) is 23.1 Å². The smallest absolute Gasteiger partial charge is 0.264 e. The Kier molecular flexibility index (Phi) is 4.65. The van der Waals surface area contributed by atoms with Crippen LogP contribution >= 0.6 is 22.7 Å². The van der Waals surface area contributed by atoms with Gasteiger partial charge < -0.3 is 4.90 Å². The minimum atomic E-state index is 0.189. The Hall–Kier alpha value is -1.69. The van der Waals surface area contributed by atoms with Crippen LogP contribution in [0, 0.1) is 0 Å². The predicted octanol–water partition coefficient (Wildman–Crippen LogP) is 4.31. The fraction of sp³-hybridized carbons (Fsp3) is 0.316. The molecule has 3 aromatic rings. The van der Waals surface area contributed by atoms with E-state index in [9.17, 15) is 4.79 Å². The minimum Gasteiger partial charge on any atom is -0.337 e. The van der Waals surface area contributed by atoms with Gasteiger partial charge in [0.1, 0.15) is 0 Å². The first-order valence-corrected chi connectivity index (χ1v) is 10.1. The Balaban J connectivity index is 1.43. The van der Waals surface area contributed by atoms with E-state index in [2.05, 4.69) is 33.9 Å². The molecule has 0 aliphatic carbocycles. The Bertz CT molecular complexity index is 792. The zero-order chi connectivity index (χ0) is 16.4. The van der Waals surface area contributed by atoms with Gasteiger partial charge in [0, 0.05) is 37.4 Å². The molecular weight excluding hydrogens is 336 g/mol. The van der Waals surface area contributed by atoms with Crippen LogP contribution in [0.4, 0.5) is 0 Å². The number of rotatable bonds is 3. The van der Waals surface area contributed by atoms with Gasteiger partial charge in [-0.15, -0.1) is 11.3 Å². The molecule has 1 fully saturated rings. The van der Waals surface area contributed by atoms with Crippen molar-refractivity contribution in [2.75, 3.05) is 26.2 Å². The van der Waals surface area contributed by atoms with Crippen molar-refractivity contribution in [3.63, 3.8) is 0 Å². The lowest BCUT2D eigenvalue weighted by molar-refractivity contribution is 0.0766. The lowest BCUT2D eigenvalue weighted by Gasteiger charge is -2.21. The second-order valence-electron chi connectivity index (χ2n) is 6.20. The SMILES string of the molecule is O=C(c1cc2ccccc2s1)N1CCCN(Cc2ccsc2)CC1. The van der Waals surface area contributed by atoms with Crippen LogP contribution in [0.3, 0.4) is 0 Å². The number of benzene rings is 1.